The van der Waals surface area contributed by atoms with Gasteiger partial charge >= 0.3 is 0 Å². The van der Waals surface area contributed by atoms with E-state index in [1.54, 1.807) is 0 Å². The Balaban J connectivity index is 1.49. The van der Waals surface area contributed by atoms with E-state index in [9.17, 15) is 4.79 Å². The first-order valence-electron chi connectivity index (χ1n) is 9.23. The van der Waals surface area contributed by atoms with Gasteiger partial charge in [-0.05, 0) is 86.0 Å². The molecule has 1 radical (unpaired) electrons. The lowest BCUT2D eigenvalue weighted by atomic mass is 9.48. The lowest BCUT2D eigenvalue weighted by Gasteiger charge is -2.58. The molecule has 24 heavy (non-hydrogen) atoms. The molecule has 0 amide bonds. The number of carbonyl (C=O) groups is 1. The number of anilines is 1. The van der Waals surface area contributed by atoms with Gasteiger partial charge in [0, 0.05) is 11.1 Å². The van der Waals surface area contributed by atoms with E-state index in [2.05, 4.69) is 22.6 Å². The fourth-order valence-electron chi connectivity index (χ4n) is 6.24. The zero-order valence-electron chi connectivity index (χ0n) is 13.9. The Bertz CT molecular complexity index is 744. The SMILES string of the molecule is O=CC(Nc1cccc2n[c]ccc12)C12CC3CC(CC(C3)C1)C2. The molecule has 0 saturated heterocycles. The first-order chi connectivity index (χ1) is 11.8. The van der Waals surface area contributed by atoms with Gasteiger partial charge in [0.1, 0.15) is 6.29 Å². The molecule has 2 aromatic rings. The number of nitrogens with zero attached hydrogens (tertiary/aromatic N) is 1. The van der Waals surface area contributed by atoms with Crippen LogP contribution in [0.2, 0.25) is 0 Å². The van der Waals surface area contributed by atoms with E-state index in [0.717, 1.165) is 34.3 Å². The van der Waals surface area contributed by atoms with Crippen LogP contribution in [-0.4, -0.2) is 17.3 Å². The van der Waals surface area contributed by atoms with Crippen LogP contribution in [-0.2, 0) is 4.79 Å². The molecule has 4 aliphatic rings. The van der Waals surface area contributed by atoms with Crippen molar-refractivity contribution >= 4 is 22.9 Å². The molecule has 1 aromatic carbocycles. The lowest BCUT2D eigenvalue weighted by Crippen LogP contribution is -2.54. The molecule has 4 fully saturated rings. The van der Waals surface area contributed by atoms with Crippen LogP contribution in [0.4, 0.5) is 5.69 Å². The Morgan fingerprint density at radius 1 is 1.12 bits per heavy atom. The lowest BCUT2D eigenvalue weighted by molar-refractivity contribution is -0.117. The Kier molecular flexibility index (Phi) is 3.19. The number of hydrogen-bond donors (Lipinski definition) is 1. The molecule has 4 saturated carbocycles. The van der Waals surface area contributed by atoms with Gasteiger partial charge in [0.05, 0.1) is 17.8 Å². The van der Waals surface area contributed by atoms with Crippen LogP contribution in [0, 0.1) is 29.4 Å². The van der Waals surface area contributed by atoms with Crippen LogP contribution in [0.5, 0.6) is 0 Å². The highest BCUT2D eigenvalue weighted by Gasteiger charge is 2.54. The maximum absolute atomic E-state index is 12.1. The van der Waals surface area contributed by atoms with Crippen LogP contribution in [0.15, 0.2) is 30.3 Å². The molecular weight excluding hydrogens is 296 g/mol. The van der Waals surface area contributed by atoms with Gasteiger partial charge in [0.15, 0.2) is 0 Å². The second kappa shape index (κ2) is 5.30. The van der Waals surface area contributed by atoms with E-state index in [1.807, 2.05) is 24.3 Å². The summed E-state index contributed by atoms with van der Waals surface area (Å²) in [4.78, 5) is 16.4. The average molecular weight is 319 g/mol. The van der Waals surface area contributed by atoms with Crippen molar-refractivity contribution in [2.24, 2.45) is 23.2 Å². The highest BCUT2D eigenvalue weighted by atomic mass is 16.1. The third-order valence-corrected chi connectivity index (χ3v) is 6.79. The summed E-state index contributed by atoms with van der Waals surface area (Å²) in [6, 6.07) is 9.87. The number of carbonyl (C=O) groups excluding carboxylic acids is 1. The summed E-state index contributed by atoms with van der Waals surface area (Å²) in [6.07, 6.45) is 12.0. The van der Waals surface area contributed by atoms with Gasteiger partial charge in [-0.15, -0.1) is 0 Å². The van der Waals surface area contributed by atoms with Crippen LogP contribution < -0.4 is 5.32 Å². The number of aromatic nitrogens is 1. The van der Waals surface area contributed by atoms with Crippen LogP contribution in [0.1, 0.15) is 38.5 Å². The van der Waals surface area contributed by atoms with Gasteiger partial charge in [-0.1, -0.05) is 6.07 Å². The zero-order valence-corrected chi connectivity index (χ0v) is 13.9. The standard InChI is InChI=1S/C21H23N2O/c24-13-20(21-10-14-7-15(11-21)9-16(8-14)12-21)23-19-5-1-4-18-17(19)3-2-6-22-18/h1-5,13-16,20,23H,7-12H2. The number of hydrogen-bond acceptors (Lipinski definition) is 3. The Hall–Kier alpha value is -1.90. The third-order valence-electron chi connectivity index (χ3n) is 6.79. The van der Waals surface area contributed by atoms with Crippen molar-refractivity contribution in [1.29, 1.82) is 0 Å². The molecule has 1 N–H and O–H groups in total. The first-order valence-corrected chi connectivity index (χ1v) is 9.23. The number of benzene rings is 1. The van der Waals surface area contributed by atoms with Crippen LogP contribution in [0.3, 0.4) is 0 Å². The highest BCUT2D eigenvalue weighted by molar-refractivity contribution is 5.92. The number of rotatable bonds is 4. The monoisotopic (exact) mass is 319 g/mol. The topological polar surface area (TPSA) is 42.0 Å². The molecule has 0 spiro atoms. The smallest absolute Gasteiger partial charge is 0.142 e. The summed E-state index contributed by atoms with van der Waals surface area (Å²) in [5.74, 6) is 2.55. The molecule has 4 aliphatic carbocycles. The van der Waals surface area contributed by atoms with Crippen molar-refractivity contribution in [3.63, 3.8) is 0 Å². The Morgan fingerprint density at radius 3 is 2.50 bits per heavy atom. The summed E-state index contributed by atoms with van der Waals surface area (Å²) in [7, 11) is 0. The molecule has 3 nitrogen and oxygen atoms in total. The van der Waals surface area contributed by atoms with Crippen molar-refractivity contribution < 1.29 is 4.79 Å². The van der Waals surface area contributed by atoms with Crippen molar-refractivity contribution in [3.05, 3.63) is 36.5 Å². The van der Waals surface area contributed by atoms with Crippen molar-refractivity contribution in [1.82, 2.24) is 4.98 Å². The normalized spacial score (nSPS) is 35.1. The molecule has 3 heteroatoms. The predicted octanol–water partition coefficient (Wildman–Crippen LogP) is 4.23. The van der Waals surface area contributed by atoms with Gasteiger partial charge in [-0.3, -0.25) is 0 Å². The van der Waals surface area contributed by atoms with Crippen molar-refractivity contribution in [2.45, 2.75) is 44.6 Å². The molecule has 6 rings (SSSR count). The highest BCUT2D eigenvalue weighted by Crippen LogP contribution is 2.61. The van der Waals surface area contributed by atoms with E-state index < -0.39 is 0 Å². The molecule has 1 aromatic heterocycles. The minimum atomic E-state index is -0.0827. The Labute approximate surface area is 142 Å². The first kappa shape index (κ1) is 14.4. The van der Waals surface area contributed by atoms with Crippen molar-refractivity contribution in [2.75, 3.05) is 5.32 Å². The summed E-state index contributed by atoms with van der Waals surface area (Å²) in [5.41, 5.74) is 2.13. The number of pyridine rings is 1. The minimum absolute atomic E-state index is 0.0827. The maximum atomic E-state index is 12.1. The van der Waals surface area contributed by atoms with E-state index in [0.29, 0.717) is 0 Å². The fraction of sp³-hybridized carbons (Fsp3) is 0.524. The zero-order chi connectivity index (χ0) is 16.1. The molecular formula is C21H23N2O. The summed E-state index contributed by atoms with van der Waals surface area (Å²) >= 11 is 0. The number of nitrogens with one attached hydrogen (secondary N) is 1. The number of aldehydes is 1. The second-order valence-electron chi connectivity index (χ2n) is 8.35. The number of fused-ring (bicyclic) bond motifs is 1. The summed E-state index contributed by atoms with van der Waals surface area (Å²) < 4.78 is 0. The largest absolute Gasteiger partial charge is 0.374 e. The molecule has 0 aliphatic heterocycles. The van der Waals surface area contributed by atoms with Gasteiger partial charge in [-0.2, -0.15) is 0 Å². The van der Waals surface area contributed by atoms with E-state index in [1.165, 1.54) is 44.8 Å². The van der Waals surface area contributed by atoms with E-state index in [4.69, 9.17) is 0 Å². The quantitative estimate of drug-likeness (QED) is 0.858. The molecule has 123 valence electrons. The fourth-order valence-corrected chi connectivity index (χ4v) is 6.24. The van der Waals surface area contributed by atoms with Crippen LogP contribution in [0.25, 0.3) is 10.9 Å². The van der Waals surface area contributed by atoms with E-state index >= 15 is 0 Å². The molecule has 1 heterocycles. The summed E-state index contributed by atoms with van der Waals surface area (Å²) in [6.45, 7) is 0. The van der Waals surface area contributed by atoms with Crippen LogP contribution >= 0.6 is 0 Å². The Morgan fingerprint density at radius 2 is 1.83 bits per heavy atom. The van der Waals surface area contributed by atoms with Gasteiger partial charge in [0.2, 0.25) is 0 Å². The van der Waals surface area contributed by atoms with E-state index in [-0.39, 0.29) is 11.5 Å². The van der Waals surface area contributed by atoms with Gasteiger partial charge in [0.25, 0.3) is 0 Å². The maximum Gasteiger partial charge on any atom is 0.142 e. The molecule has 1 unspecified atom stereocenters. The van der Waals surface area contributed by atoms with Gasteiger partial charge < -0.3 is 10.1 Å². The summed E-state index contributed by atoms with van der Waals surface area (Å²) in [5, 5.41) is 4.68. The molecule has 4 bridgehead atoms. The second-order valence-corrected chi connectivity index (χ2v) is 8.35. The van der Waals surface area contributed by atoms with Crippen molar-refractivity contribution in [3.8, 4) is 0 Å². The predicted molar refractivity (Wildman–Crippen MR) is 94.7 cm³/mol. The minimum Gasteiger partial charge on any atom is -0.374 e. The average Bonchev–Trinajstić information content (AvgIpc) is 2.58. The third kappa shape index (κ3) is 2.17. The molecule has 1 atom stereocenters. The van der Waals surface area contributed by atoms with Gasteiger partial charge in [-0.25, -0.2) is 4.98 Å².